The first-order chi connectivity index (χ1) is 10.0. The minimum Gasteiger partial charge on any atom is -0.480 e. The highest BCUT2D eigenvalue weighted by Gasteiger charge is 2.35. The number of urea groups is 1. The van der Waals surface area contributed by atoms with Crippen molar-refractivity contribution < 1.29 is 14.7 Å². The van der Waals surface area contributed by atoms with Gasteiger partial charge in [-0.05, 0) is 25.9 Å². The van der Waals surface area contributed by atoms with Crippen molar-refractivity contribution in [3.63, 3.8) is 0 Å². The second-order valence-corrected chi connectivity index (χ2v) is 6.86. The number of likely N-dealkylation sites (tertiary alicyclic amines) is 1. The summed E-state index contributed by atoms with van der Waals surface area (Å²) in [7, 11) is 1.79. The number of likely N-dealkylation sites (N-methyl/N-ethyl adjacent to an activating group) is 2. The van der Waals surface area contributed by atoms with Crippen molar-refractivity contribution in [3.8, 4) is 0 Å². The van der Waals surface area contributed by atoms with Crippen molar-refractivity contribution in [2.24, 2.45) is 0 Å². The summed E-state index contributed by atoms with van der Waals surface area (Å²) in [4.78, 5) is 29.5. The van der Waals surface area contributed by atoms with E-state index in [1.165, 1.54) is 11.3 Å². The molecule has 2 heterocycles. The zero-order valence-corrected chi connectivity index (χ0v) is 13.6. The van der Waals surface area contributed by atoms with Crippen molar-refractivity contribution in [1.82, 2.24) is 14.7 Å². The number of carboxylic acids is 1. The first-order valence-electron chi connectivity index (χ1n) is 7.61. The number of nitrogens with zero attached hydrogens (tertiary/aromatic N) is 3. The number of hydrogen-bond donors (Lipinski definition) is 1. The van der Waals surface area contributed by atoms with Crippen LogP contribution in [0.25, 0.3) is 0 Å². The van der Waals surface area contributed by atoms with Crippen LogP contribution in [0.3, 0.4) is 0 Å². The second-order valence-electron chi connectivity index (χ2n) is 5.71. The summed E-state index contributed by atoms with van der Waals surface area (Å²) in [5.41, 5.74) is 0. The molecule has 6 nitrogen and oxygen atoms in total. The van der Waals surface area contributed by atoms with Gasteiger partial charge in [0.2, 0.25) is 0 Å². The summed E-state index contributed by atoms with van der Waals surface area (Å²) in [6, 6.07) is -0.429. The molecule has 0 spiro atoms. The molecule has 0 aromatic rings. The first-order valence-corrected chi connectivity index (χ1v) is 8.76. The average Bonchev–Trinajstić information content (AvgIpc) is 2.93. The molecule has 2 saturated heterocycles. The number of aliphatic carboxylic acids is 1. The van der Waals surface area contributed by atoms with Gasteiger partial charge in [0.15, 0.2) is 0 Å². The summed E-state index contributed by atoms with van der Waals surface area (Å²) in [6.45, 7) is 5.45. The molecule has 2 aliphatic rings. The molecule has 0 saturated carbocycles. The minimum atomic E-state index is -0.903. The minimum absolute atomic E-state index is 0.148. The third-order valence-electron chi connectivity index (χ3n) is 4.38. The zero-order chi connectivity index (χ0) is 15.4. The van der Waals surface area contributed by atoms with Gasteiger partial charge in [0, 0.05) is 37.7 Å². The number of amides is 2. The molecule has 2 unspecified atom stereocenters. The molecule has 0 bridgehead atoms. The standard InChI is InChI=1S/C14H25N3O3S/c1-3-16-6-4-5-11(16)9-15(2)14(20)17-7-8-21-10-12(17)13(18)19/h11-12H,3-10H2,1-2H3,(H,18,19). The molecule has 120 valence electrons. The number of carboxylic acid groups (broad SMARTS) is 1. The van der Waals surface area contributed by atoms with Crippen molar-refractivity contribution in [3.05, 3.63) is 0 Å². The Balaban J connectivity index is 1.95. The van der Waals surface area contributed by atoms with Crippen molar-refractivity contribution in [2.45, 2.75) is 31.8 Å². The summed E-state index contributed by atoms with van der Waals surface area (Å²) < 4.78 is 0. The Morgan fingerprint density at radius 1 is 1.38 bits per heavy atom. The summed E-state index contributed by atoms with van der Waals surface area (Å²) in [6.07, 6.45) is 2.29. The SMILES string of the molecule is CCN1CCCC1CN(C)C(=O)N1CCSCC1C(=O)O. The van der Waals surface area contributed by atoms with E-state index in [1.54, 1.807) is 23.7 Å². The monoisotopic (exact) mass is 315 g/mol. The van der Waals surface area contributed by atoms with Crippen LogP contribution in [0.1, 0.15) is 19.8 Å². The number of carbonyl (C=O) groups excluding carboxylic acids is 1. The Morgan fingerprint density at radius 2 is 2.14 bits per heavy atom. The van der Waals surface area contributed by atoms with Crippen LogP contribution in [0.15, 0.2) is 0 Å². The summed E-state index contributed by atoms with van der Waals surface area (Å²) in [5.74, 6) is 0.396. The van der Waals surface area contributed by atoms with Crippen molar-refractivity contribution in [1.29, 1.82) is 0 Å². The number of carbonyl (C=O) groups is 2. The molecule has 2 atom stereocenters. The predicted octanol–water partition coefficient (Wildman–Crippen LogP) is 1.02. The third-order valence-corrected chi connectivity index (χ3v) is 5.40. The normalized spacial score (nSPS) is 26.9. The van der Waals surface area contributed by atoms with E-state index in [0.717, 1.165) is 25.3 Å². The van der Waals surface area contributed by atoms with E-state index in [1.807, 2.05) is 0 Å². The molecule has 2 amide bonds. The maximum atomic E-state index is 12.6. The van der Waals surface area contributed by atoms with Gasteiger partial charge in [-0.2, -0.15) is 11.8 Å². The average molecular weight is 315 g/mol. The van der Waals surface area contributed by atoms with Gasteiger partial charge < -0.3 is 14.9 Å². The highest BCUT2D eigenvalue weighted by Crippen LogP contribution is 2.20. The molecule has 0 aromatic heterocycles. The fourth-order valence-corrected chi connectivity index (χ4v) is 4.21. The molecule has 0 aliphatic carbocycles. The number of hydrogen-bond acceptors (Lipinski definition) is 4. The van der Waals surface area contributed by atoms with Crippen molar-refractivity contribution in [2.75, 3.05) is 44.7 Å². The third kappa shape index (κ3) is 3.83. The summed E-state index contributed by atoms with van der Waals surface area (Å²) >= 11 is 1.60. The molecule has 0 radical (unpaired) electrons. The Bertz CT molecular complexity index is 394. The van der Waals surface area contributed by atoms with Gasteiger partial charge in [-0.3, -0.25) is 4.90 Å². The molecule has 21 heavy (non-hydrogen) atoms. The lowest BCUT2D eigenvalue weighted by molar-refractivity contribution is -0.141. The maximum absolute atomic E-state index is 12.6. The summed E-state index contributed by atoms with van der Waals surface area (Å²) in [5, 5.41) is 9.27. The van der Waals surface area contributed by atoms with Crippen LogP contribution >= 0.6 is 11.8 Å². The van der Waals surface area contributed by atoms with Gasteiger partial charge in [0.1, 0.15) is 6.04 Å². The van der Waals surface area contributed by atoms with Crippen LogP contribution in [0.5, 0.6) is 0 Å². The molecular weight excluding hydrogens is 290 g/mol. The fourth-order valence-electron chi connectivity index (χ4n) is 3.17. The van der Waals surface area contributed by atoms with Gasteiger partial charge in [-0.1, -0.05) is 6.92 Å². The lowest BCUT2D eigenvalue weighted by Gasteiger charge is -2.37. The van der Waals surface area contributed by atoms with E-state index < -0.39 is 12.0 Å². The van der Waals surface area contributed by atoms with Crippen LogP contribution in [0.2, 0.25) is 0 Å². The van der Waals surface area contributed by atoms with Crippen LogP contribution in [0.4, 0.5) is 4.79 Å². The topological polar surface area (TPSA) is 64.1 Å². The van der Waals surface area contributed by atoms with Gasteiger partial charge in [-0.25, -0.2) is 9.59 Å². The number of thioether (sulfide) groups is 1. The van der Waals surface area contributed by atoms with Gasteiger partial charge in [0.25, 0.3) is 0 Å². The predicted molar refractivity (Wildman–Crippen MR) is 83.7 cm³/mol. The maximum Gasteiger partial charge on any atom is 0.327 e. The molecular formula is C14H25N3O3S. The molecule has 2 aliphatic heterocycles. The van der Waals surface area contributed by atoms with Crippen LogP contribution in [-0.2, 0) is 4.79 Å². The highest BCUT2D eigenvalue weighted by molar-refractivity contribution is 7.99. The van der Waals surface area contributed by atoms with Gasteiger partial charge in [-0.15, -0.1) is 0 Å². The van der Waals surface area contributed by atoms with E-state index in [-0.39, 0.29) is 6.03 Å². The lowest BCUT2D eigenvalue weighted by Crippen LogP contribution is -2.55. The Hall–Kier alpha value is -0.950. The quantitative estimate of drug-likeness (QED) is 0.839. The fraction of sp³-hybridized carbons (Fsp3) is 0.857. The van der Waals surface area contributed by atoms with Gasteiger partial charge >= 0.3 is 12.0 Å². The highest BCUT2D eigenvalue weighted by atomic mass is 32.2. The van der Waals surface area contributed by atoms with E-state index in [2.05, 4.69) is 11.8 Å². The molecule has 1 N–H and O–H groups in total. The second kappa shape index (κ2) is 7.35. The number of rotatable bonds is 4. The Morgan fingerprint density at radius 3 is 2.81 bits per heavy atom. The lowest BCUT2D eigenvalue weighted by atomic mass is 10.2. The Labute approximate surface area is 130 Å². The molecule has 2 fully saturated rings. The molecule has 0 aromatic carbocycles. The van der Waals surface area contributed by atoms with Crippen LogP contribution < -0.4 is 0 Å². The van der Waals surface area contributed by atoms with E-state index in [9.17, 15) is 14.7 Å². The van der Waals surface area contributed by atoms with E-state index >= 15 is 0 Å². The Kier molecular flexibility index (Phi) is 5.75. The van der Waals surface area contributed by atoms with Crippen LogP contribution in [-0.4, -0.2) is 88.6 Å². The largest absolute Gasteiger partial charge is 0.480 e. The first kappa shape index (κ1) is 16.4. The molecule has 2 rings (SSSR count). The zero-order valence-electron chi connectivity index (χ0n) is 12.8. The van der Waals surface area contributed by atoms with Crippen LogP contribution in [0, 0.1) is 0 Å². The van der Waals surface area contributed by atoms with Crippen molar-refractivity contribution >= 4 is 23.8 Å². The van der Waals surface area contributed by atoms with E-state index in [0.29, 0.717) is 24.9 Å². The van der Waals surface area contributed by atoms with Gasteiger partial charge in [0.05, 0.1) is 0 Å². The smallest absolute Gasteiger partial charge is 0.327 e. The molecule has 7 heteroatoms. The van der Waals surface area contributed by atoms with E-state index in [4.69, 9.17) is 0 Å².